The lowest BCUT2D eigenvalue weighted by Crippen LogP contribution is -2.26. The van der Waals surface area contributed by atoms with Gasteiger partial charge in [0.2, 0.25) is 0 Å². The van der Waals surface area contributed by atoms with Gasteiger partial charge in [-0.1, -0.05) is 6.92 Å². The van der Waals surface area contributed by atoms with E-state index in [0.717, 1.165) is 42.8 Å². The second-order valence-corrected chi connectivity index (χ2v) is 6.03. The van der Waals surface area contributed by atoms with Gasteiger partial charge >= 0.3 is 0 Å². The Hall–Kier alpha value is -2.28. The molecule has 1 aliphatic rings. The Morgan fingerprint density at radius 2 is 2.20 bits per heavy atom. The molecule has 0 fully saturated rings. The van der Waals surface area contributed by atoms with E-state index in [4.69, 9.17) is 4.74 Å². The fourth-order valence-corrected chi connectivity index (χ4v) is 3.01. The average Bonchev–Trinajstić information content (AvgIpc) is 2.96. The van der Waals surface area contributed by atoms with Crippen LogP contribution in [-0.2, 0) is 30.7 Å². The molecule has 0 bridgehead atoms. The molecule has 0 saturated carbocycles. The van der Waals surface area contributed by atoms with Crippen molar-refractivity contribution >= 4 is 5.91 Å². The van der Waals surface area contributed by atoms with Gasteiger partial charge in [0.25, 0.3) is 5.91 Å². The number of amides is 1. The molecule has 0 unspecified atom stereocenters. The number of rotatable bonds is 6. The van der Waals surface area contributed by atoms with Gasteiger partial charge in [0.15, 0.2) is 11.6 Å². The summed E-state index contributed by atoms with van der Waals surface area (Å²) in [5.41, 5.74) is 3.35. The average molecular weight is 349 g/mol. The summed E-state index contributed by atoms with van der Waals surface area (Å²) in [5, 5.41) is 7.38. The van der Waals surface area contributed by atoms with E-state index in [9.17, 15) is 13.6 Å². The summed E-state index contributed by atoms with van der Waals surface area (Å²) in [6.45, 7) is 4.59. The number of ether oxygens (including phenoxy) is 1. The van der Waals surface area contributed by atoms with E-state index in [1.54, 1.807) is 0 Å². The van der Waals surface area contributed by atoms with E-state index in [1.807, 2.05) is 4.68 Å². The molecular formula is C18H21F2N3O2. The maximum atomic E-state index is 13.2. The smallest absolute Gasteiger partial charge is 0.251 e. The fourth-order valence-electron chi connectivity index (χ4n) is 3.01. The summed E-state index contributed by atoms with van der Waals surface area (Å²) in [5.74, 6) is -2.43. The summed E-state index contributed by atoms with van der Waals surface area (Å²) in [4.78, 5) is 12.0. The largest absolute Gasteiger partial charge is 0.376 e. The first-order valence-electron chi connectivity index (χ1n) is 8.48. The number of hydrogen-bond acceptors (Lipinski definition) is 3. The Balaban J connectivity index is 1.63. The molecule has 5 nitrogen and oxygen atoms in total. The summed E-state index contributed by atoms with van der Waals surface area (Å²) < 4.78 is 33.7. The molecule has 0 spiro atoms. The van der Waals surface area contributed by atoms with Gasteiger partial charge in [-0.05, 0) is 24.6 Å². The number of benzene rings is 1. The first-order chi connectivity index (χ1) is 12.1. The van der Waals surface area contributed by atoms with Gasteiger partial charge in [-0.15, -0.1) is 0 Å². The van der Waals surface area contributed by atoms with Gasteiger partial charge in [-0.2, -0.15) is 5.10 Å². The molecule has 1 aliphatic heterocycles. The minimum Gasteiger partial charge on any atom is -0.376 e. The zero-order valence-corrected chi connectivity index (χ0v) is 14.1. The number of nitrogens with one attached hydrogen (secondary N) is 1. The third-order valence-corrected chi connectivity index (χ3v) is 4.24. The van der Waals surface area contributed by atoms with Crippen molar-refractivity contribution in [3.05, 3.63) is 52.3 Å². The Labute approximate surface area is 145 Å². The number of carbonyl (C=O) groups excluding carboxylic acids is 1. The second kappa shape index (κ2) is 7.74. The molecule has 1 aromatic heterocycles. The highest BCUT2D eigenvalue weighted by Gasteiger charge is 2.20. The number of fused-ring (bicyclic) bond motifs is 1. The van der Waals surface area contributed by atoms with Crippen LogP contribution in [0.3, 0.4) is 0 Å². The highest BCUT2D eigenvalue weighted by Crippen LogP contribution is 2.21. The van der Waals surface area contributed by atoms with E-state index in [2.05, 4.69) is 17.3 Å². The highest BCUT2D eigenvalue weighted by atomic mass is 19.2. The molecule has 0 atom stereocenters. The topological polar surface area (TPSA) is 56.2 Å². The van der Waals surface area contributed by atoms with E-state index in [1.165, 1.54) is 11.8 Å². The minimum atomic E-state index is -1.03. The standard InChI is InChI=1S/C18H21F2N3O2/c1-2-8-23-17-6-9-25-11-13(17)16(22-23)5-7-21-18(24)12-3-4-14(19)15(20)10-12/h3-4,10H,2,5-9,11H2,1H3,(H,21,24). The molecule has 2 aromatic rings. The zero-order valence-electron chi connectivity index (χ0n) is 14.1. The lowest BCUT2D eigenvalue weighted by Gasteiger charge is -2.14. The third kappa shape index (κ3) is 3.87. The maximum Gasteiger partial charge on any atom is 0.251 e. The van der Waals surface area contributed by atoms with Gasteiger partial charge in [0.05, 0.1) is 18.9 Å². The predicted molar refractivity (Wildman–Crippen MR) is 88.3 cm³/mol. The first kappa shape index (κ1) is 17.5. The molecule has 25 heavy (non-hydrogen) atoms. The van der Waals surface area contributed by atoms with Crippen LogP contribution in [0.4, 0.5) is 8.78 Å². The van der Waals surface area contributed by atoms with Crippen molar-refractivity contribution in [3.8, 4) is 0 Å². The number of hydrogen-bond donors (Lipinski definition) is 1. The van der Waals surface area contributed by atoms with Crippen LogP contribution < -0.4 is 5.32 Å². The summed E-state index contributed by atoms with van der Waals surface area (Å²) in [6.07, 6.45) is 2.42. The number of aromatic nitrogens is 2. The number of carbonyl (C=O) groups is 1. The van der Waals surface area contributed by atoms with Gasteiger partial charge in [0, 0.05) is 42.8 Å². The molecule has 0 saturated heterocycles. The van der Waals surface area contributed by atoms with Crippen molar-refractivity contribution in [2.45, 2.75) is 39.3 Å². The summed E-state index contributed by atoms with van der Waals surface area (Å²) in [7, 11) is 0. The fraction of sp³-hybridized carbons (Fsp3) is 0.444. The van der Waals surface area contributed by atoms with Crippen LogP contribution in [0.25, 0.3) is 0 Å². The van der Waals surface area contributed by atoms with Crippen molar-refractivity contribution in [1.82, 2.24) is 15.1 Å². The van der Waals surface area contributed by atoms with E-state index < -0.39 is 17.5 Å². The van der Waals surface area contributed by atoms with Crippen LogP contribution in [0.1, 0.15) is 40.7 Å². The number of nitrogens with zero attached hydrogens (tertiary/aromatic N) is 2. The molecule has 7 heteroatoms. The van der Waals surface area contributed by atoms with Crippen LogP contribution in [0.2, 0.25) is 0 Å². The third-order valence-electron chi connectivity index (χ3n) is 4.24. The van der Waals surface area contributed by atoms with Crippen molar-refractivity contribution in [2.75, 3.05) is 13.2 Å². The molecule has 0 aliphatic carbocycles. The predicted octanol–water partition coefficient (Wildman–Crippen LogP) is 2.62. The van der Waals surface area contributed by atoms with Crippen LogP contribution in [0.15, 0.2) is 18.2 Å². The Morgan fingerprint density at radius 1 is 1.36 bits per heavy atom. The maximum absolute atomic E-state index is 13.2. The number of halogens is 2. The Morgan fingerprint density at radius 3 is 2.96 bits per heavy atom. The van der Waals surface area contributed by atoms with Crippen molar-refractivity contribution in [2.24, 2.45) is 0 Å². The number of aryl methyl sites for hydroxylation is 1. The van der Waals surface area contributed by atoms with Gasteiger partial charge < -0.3 is 10.1 Å². The van der Waals surface area contributed by atoms with E-state index in [-0.39, 0.29) is 5.56 Å². The Bertz CT molecular complexity index is 774. The molecule has 134 valence electrons. The highest BCUT2D eigenvalue weighted by molar-refractivity contribution is 5.94. The van der Waals surface area contributed by atoms with Crippen LogP contribution in [0, 0.1) is 11.6 Å². The van der Waals surface area contributed by atoms with Crippen LogP contribution in [0.5, 0.6) is 0 Å². The van der Waals surface area contributed by atoms with Gasteiger partial charge in [-0.25, -0.2) is 8.78 Å². The summed E-state index contributed by atoms with van der Waals surface area (Å²) >= 11 is 0. The lowest BCUT2D eigenvalue weighted by molar-refractivity contribution is 0.0953. The van der Waals surface area contributed by atoms with Crippen molar-refractivity contribution < 1.29 is 18.3 Å². The van der Waals surface area contributed by atoms with Crippen molar-refractivity contribution in [1.29, 1.82) is 0 Å². The van der Waals surface area contributed by atoms with E-state index >= 15 is 0 Å². The second-order valence-electron chi connectivity index (χ2n) is 6.03. The summed E-state index contributed by atoms with van der Waals surface area (Å²) in [6, 6.07) is 3.11. The molecule has 3 rings (SSSR count). The zero-order chi connectivity index (χ0) is 17.8. The monoisotopic (exact) mass is 349 g/mol. The van der Waals surface area contributed by atoms with Crippen LogP contribution >= 0.6 is 0 Å². The molecule has 2 heterocycles. The first-order valence-corrected chi connectivity index (χ1v) is 8.48. The SMILES string of the molecule is CCCn1nc(CCNC(=O)c2ccc(F)c(F)c2)c2c1CCOC2. The molecule has 1 aromatic carbocycles. The van der Waals surface area contributed by atoms with Crippen LogP contribution in [-0.4, -0.2) is 28.8 Å². The lowest BCUT2D eigenvalue weighted by atomic mass is 10.1. The molecule has 1 N–H and O–H groups in total. The van der Waals surface area contributed by atoms with Gasteiger partial charge in [0.1, 0.15) is 0 Å². The van der Waals surface area contributed by atoms with Crippen molar-refractivity contribution in [3.63, 3.8) is 0 Å². The minimum absolute atomic E-state index is 0.0979. The Kier molecular flexibility index (Phi) is 5.43. The molecular weight excluding hydrogens is 328 g/mol. The quantitative estimate of drug-likeness (QED) is 0.872. The molecule has 1 amide bonds. The molecule has 0 radical (unpaired) electrons. The normalized spacial score (nSPS) is 13.6. The van der Waals surface area contributed by atoms with E-state index in [0.29, 0.717) is 26.2 Å². The van der Waals surface area contributed by atoms with Gasteiger partial charge in [-0.3, -0.25) is 9.48 Å².